The smallest absolute Gasteiger partial charge is 0.374 e. The Balaban J connectivity index is 2.05. The lowest BCUT2D eigenvalue weighted by atomic mass is 10.1. The summed E-state index contributed by atoms with van der Waals surface area (Å²) in [4.78, 5) is 11.5. The number of benzene rings is 1. The molecule has 0 fully saturated rings. The predicted molar refractivity (Wildman–Crippen MR) is 77.6 cm³/mol. The average molecular weight is 343 g/mol. The first-order valence-electron chi connectivity index (χ1n) is 7.20. The molecule has 2 rings (SSSR count). The zero-order chi connectivity index (χ0) is 17.7. The van der Waals surface area contributed by atoms with Gasteiger partial charge in [0.2, 0.25) is 5.76 Å². The number of aliphatic hydroxyl groups excluding tert-OH is 1. The first-order chi connectivity index (χ1) is 11.5. The SMILES string of the molecule is CCOC(=O)c1ccc(CNC(CO)c2cc(F)c(F)c(F)c2)o1. The number of carbonyl (C=O) groups is 1. The highest BCUT2D eigenvalue weighted by Gasteiger charge is 2.18. The molecule has 0 aliphatic heterocycles. The van der Waals surface area contributed by atoms with Gasteiger partial charge in [0, 0.05) is 0 Å². The molecule has 2 aromatic rings. The number of furan rings is 1. The molecule has 0 saturated carbocycles. The van der Waals surface area contributed by atoms with Crippen molar-refractivity contribution in [3.05, 3.63) is 58.8 Å². The van der Waals surface area contributed by atoms with Crippen LogP contribution < -0.4 is 5.32 Å². The summed E-state index contributed by atoms with van der Waals surface area (Å²) >= 11 is 0. The summed E-state index contributed by atoms with van der Waals surface area (Å²) in [5.41, 5.74) is 0.0473. The van der Waals surface area contributed by atoms with Crippen LogP contribution in [0.1, 0.15) is 34.8 Å². The van der Waals surface area contributed by atoms with Crippen molar-refractivity contribution < 1.29 is 32.2 Å². The van der Waals surface area contributed by atoms with Crippen molar-refractivity contribution in [3.8, 4) is 0 Å². The topological polar surface area (TPSA) is 71.7 Å². The van der Waals surface area contributed by atoms with E-state index in [-0.39, 0.29) is 24.5 Å². The van der Waals surface area contributed by atoms with Crippen molar-refractivity contribution in [2.24, 2.45) is 0 Å². The van der Waals surface area contributed by atoms with E-state index in [1.807, 2.05) is 0 Å². The van der Waals surface area contributed by atoms with E-state index in [1.165, 1.54) is 12.1 Å². The van der Waals surface area contributed by atoms with E-state index in [2.05, 4.69) is 5.32 Å². The Morgan fingerprint density at radius 1 is 1.29 bits per heavy atom. The maximum atomic E-state index is 13.3. The van der Waals surface area contributed by atoms with Gasteiger partial charge >= 0.3 is 5.97 Å². The van der Waals surface area contributed by atoms with Crippen LogP contribution in [0.25, 0.3) is 0 Å². The highest BCUT2D eigenvalue weighted by atomic mass is 19.2. The quantitative estimate of drug-likeness (QED) is 0.597. The fourth-order valence-corrected chi connectivity index (χ4v) is 2.07. The lowest BCUT2D eigenvalue weighted by Crippen LogP contribution is -2.24. The number of hydrogen-bond acceptors (Lipinski definition) is 5. The van der Waals surface area contributed by atoms with Gasteiger partial charge in [-0.3, -0.25) is 0 Å². The molecule has 0 bridgehead atoms. The molecule has 0 aliphatic rings. The van der Waals surface area contributed by atoms with E-state index in [4.69, 9.17) is 9.15 Å². The fourth-order valence-electron chi connectivity index (χ4n) is 2.07. The van der Waals surface area contributed by atoms with Crippen molar-refractivity contribution in [3.63, 3.8) is 0 Å². The Kier molecular flexibility index (Phi) is 5.99. The molecule has 1 heterocycles. The molecule has 8 heteroatoms. The van der Waals surface area contributed by atoms with Crippen LogP contribution in [-0.4, -0.2) is 24.3 Å². The number of carbonyl (C=O) groups excluding carboxylic acids is 1. The number of esters is 1. The van der Waals surface area contributed by atoms with Crippen LogP contribution in [0.2, 0.25) is 0 Å². The Hall–Kier alpha value is -2.32. The van der Waals surface area contributed by atoms with Gasteiger partial charge in [-0.25, -0.2) is 18.0 Å². The minimum Gasteiger partial charge on any atom is -0.460 e. The van der Waals surface area contributed by atoms with Gasteiger partial charge in [0.1, 0.15) is 5.76 Å². The third kappa shape index (κ3) is 4.15. The minimum absolute atomic E-state index is 0.0214. The molecule has 1 atom stereocenters. The van der Waals surface area contributed by atoms with Crippen LogP contribution in [0.3, 0.4) is 0 Å². The molecule has 0 saturated heterocycles. The maximum absolute atomic E-state index is 13.3. The molecule has 130 valence electrons. The molecule has 0 amide bonds. The van der Waals surface area contributed by atoms with E-state index in [1.54, 1.807) is 6.92 Å². The first kappa shape index (κ1) is 18.0. The molecular weight excluding hydrogens is 327 g/mol. The lowest BCUT2D eigenvalue weighted by molar-refractivity contribution is 0.0487. The highest BCUT2D eigenvalue weighted by molar-refractivity contribution is 5.86. The molecule has 1 aromatic carbocycles. The molecule has 24 heavy (non-hydrogen) atoms. The van der Waals surface area contributed by atoms with Crippen molar-refractivity contribution >= 4 is 5.97 Å². The van der Waals surface area contributed by atoms with Gasteiger partial charge in [-0.05, 0) is 36.8 Å². The van der Waals surface area contributed by atoms with E-state index < -0.39 is 36.1 Å². The van der Waals surface area contributed by atoms with Crippen molar-refractivity contribution in [2.45, 2.75) is 19.5 Å². The van der Waals surface area contributed by atoms with Crippen LogP contribution >= 0.6 is 0 Å². The van der Waals surface area contributed by atoms with Crippen molar-refractivity contribution in [1.82, 2.24) is 5.32 Å². The summed E-state index contributed by atoms with van der Waals surface area (Å²) in [5, 5.41) is 12.2. The largest absolute Gasteiger partial charge is 0.460 e. The molecule has 2 N–H and O–H groups in total. The second-order valence-corrected chi connectivity index (χ2v) is 4.90. The third-order valence-corrected chi connectivity index (χ3v) is 3.25. The second-order valence-electron chi connectivity index (χ2n) is 4.90. The Morgan fingerprint density at radius 3 is 2.54 bits per heavy atom. The number of ether oxygens (including phenoxy) is 1. The van der Waals surface area contributed by atoms with E-state index in [9.17, 15) is 23.1 Å². The summed E-state index contributed by atoms with van der Waals surface area (Å²) in [6, 6.07) is 3.72. The monoisotopic (exact) mass is 343 g/mol. The Bertz CT molecular complexity index is 694. The minimum atomic E-state index is -1.57. The van der Waals surface area contributed by atoms with Gasteiger partial charge in [0.05, 0.1) is 25.8 Å². The Morgan fingerprint density at radius 2 is 1.96 bits per heavy atom. The van der Waals surface area contributed by atoms with E-state index in [0.29, 0.717) is 5.76 Å². The van der Waals surface area contributed by atoms with E-state index in [0.717, 1.165) is 12.1 Å². The van der Waals surface area contributed by atoms with Gasteiger partial charge in [-0.1, -0.05) is 0 Å². The number of aliphatic hydroxyl groups is 1. The molecule has 1 aromatic heterocycles. The van der Waals surface area contributed by atoms with E-state index >= 15 is 0 Å². The van der Waals surface area contributed by atoms with Crippen LogP contribution in [-0.2, 0) is 11.3 Å². The van der Waals surface area contributed by atoms with Gasteiger partial charge in [0.25, 0.3) is 0 Å². The van der Waals surface area contributed by atoms with Gasteiger partial charge < -0.3 is 19.6 Å². The van der Waals surface area contributed by atoms with Gasteiger partial charge in [-0.2, -0.15) is 0 Å². The molecular formula is C16H16F3NO4. The maximum Gasteiger partial charge on any atom is 0.374 e. The fraction of sp³-hybridized carbons (Fsp3) is 0.312. The van der Waals surface area contributed by atoms with Crippen LogP contribution in [0, 0.1) is 17.5 Å². The number of nitrogens with one attached hydrogen (secondary N) is 1. The predicted octanol–water partition coefficient (Wildman–Crippen LogP) is 2.70. The number of rotatable bonds is 7. The standard InChI is InChI=1S/C16H16F3NO4/c1-2-23-16(22)14-4-3-10(24-14)7-20-13(8-21)9-5-11(17)15(19)12(18)6-9/h3-6,13,20-21H,2,7-8H2,1H3. The van der Waals surface area contributed by atoms with Crippen molar-refractivity contribution in [2.75, 3.05) is 13.2 Å². The summed E-state index contributed by atoms with van der Waals surface area (Å²) in [6.45, 7) is 1.47. The van der Waals surface area contributed by atoms with Crippen LogP contribution in [0.15, 0.2) is 28.7 Å². The molecule has 5 nitrogen and oxygen atoms in total. The highest BCUT2D eigenvalue weighted by Crippen LogP contribution is 2.20. The van der Waals surface area contributed by atoms with Gasteiger partial charge in [-0.15, -0.1) is 0 Å². The molecule has 0 radical (unpaired) electrons. The van der Waals surface area contributed by atoms with Gasteiger partial charge in [0.15, 0.2) is 17.5 Å². The summed E-state index contributed by atoms with van der Waals surface area (Å²) in [6.07, 6.45) is 0. The van der Waals surface area contributed by atoms with Crippen LogP contribution in [0.4, 0.5) is 13.2 Å². The zero-order valence-corrected chi connectivity index (χ0v) is 12.8. The molecule has 1 unspecified atom stereocenters. The average Bonchev–Trinajstić information content (AvgIpc) is 3.02. The number of hydrogen-bond donors (Lipinski definition) is 2. The normalized spacial score (nSPS) is 12.2. The third-order valence-electron chi connectivity index (χ3n) is 3.25. The van der Waals surface area contributed by atoms with Crippen molar-refractivity contribution in [1.29, 1.82) is 0 Å². The molecule has 0 aliphatic carbocycles. The Labute approximate surface area is 136 Å². The summed E-state index contributed by atoms with van der Waals surface area (Å²) in [5.74, 6) is -4.47. The molecule has 0 spiro atoms. The lowest BCUT2D eigenvalue weighted by Gasteiger charge is -2.16. The number of halogens is 3. The van der Waals surface area contributed by atoms with Crippen LogP contribution in [0.5, 0.6) is 0 Å². The zero-order valence-electron chi connectivity index (χ0n) is 12.8. The summed E-state index contributed by atoms with van der Waals surface area (Å²) in [7, 11) is 0. The first-order valence-corrected chi connectivity index (χ1v) is 7.20. The second kappa shape index (κ2) is 7.98. The summed E-state index contributed by atoms with van der Waals surface area (Å²) < 4.78 is 49.6.